The Bertz CT molecular complexity index is 687. The van der Waals surface area contributed by atoms with Crippen LogP contribution in [0.5, 0.6) is 0 Å². The second-order valence-corrected chi connectivity index (χ2v) is 5.60. The van der Waals surface area contributed by atoms with Crippen molar-refractivity contribution >= 4 is 50.7 Å². The minimum Gasteiger partial charge on any atom is -0.308 e. The van der Waals surface area contributed by atoms with E-state index in [1.165, 1.54) is 6.92 Å². The van der Waals surface area contributed by atoms with Crippen LogP contribution in [0.1, 0.15) is 17.3 Å². The number of Topliss-reactive ketones (excluding diaryl/α,β-unsaturated/α-hetero) is 1. The van der Waals surface area contributed by atoms with Crippen molar-refractivity contribution in [1.82, 2.24) is 0 Å². The molecule has 108 valence electrons. The quantitative estimate of drug-likeness (QED) is 0.754. The number of rotatable bonds is 3. The van der Waals surface area contributed by atoms with E-state index in [1.54, 1.807) is 42.5 Å². The van der Waals surface area contributed by atoms with Crippen molar-refractivity contribution in [3.63, 3.8) is 0 Å². The lowest BCUT2D eigenvalue weighted by Gasteiger charge is -2.08. The van der Waals surface area contributed by atoms with Crippen LogP contribution in [-0.2, 0) is 0 Å². The fraction of sp³-hybridized carbons (Fsp3) is 0.0667. The molecule has 0 saturated carbocycles. The molecule has 0 heterocycles. The van der Waals surface area contributed by atoms with Gasteiger partial charge in [-0.25, -0.2) is 4.79 Å². The summed E-state index contributed by atoms with van der Waals surface area (Å²) >= 11 is 9.23. The first-order valence-electron chi connectivity index (χ1n) is 6.10. The molecule has 0 spiro atoms. The fourth-order valence-corrected chi connectivity index (χ4v) is 2.08. The summed E-state index contributed by atoms with van der Waals surface area (Å²) in [5, 5.41) is 5.86. The van der Waals surface area contributed by atoms with Crippen LogP contribution in [-0.4, -0.2) is 11.8 Å². The third-order valence-electron chi connectivity index (χ3n) is 2.73. The lowest BCUT2D eigenvalue weighted by Crippen LogP contribution is -2.19. The molecular formula is C15H12BrClN2O2. The van der Waals surface area contributed by atoms with E-state index in [9.17, 15) is 9.59 Å². The topological polar surface area (TPSA) is 58.2 Å². The number of benzene rings is 2. The zero-order valence-corrected chi connectivity index (χ0v) is 13.5. The Hall–Kier alpha value is -1.85. The molecule has 0 aliphatic carbocycles. The molecule has 4 nitrogen and oxygen atoms in total. The Morgan fingerprint density at radius 3 is 2.14 bits per heavy atom. The number of carbonyl (C=O) groups is 2. The van der Waals surface area contributed by atoms with Crippen LogP contribution in [0, 0.1) is 0 Å². The smallest absolute Gasteiger partial charge is 0.308 e. The maximum atomic E-state index is 11.9. The fourth-order valence-electron chi connectivity index (χ4n) is 1.66. The maximum Gasteiger partial charge on any atom is 0.323 e. The Morgan fingerprint density at radius 2 is 1.57 bits per heavy atom. The minimum absolute atomic E-state index is 0.0181. The van der Waals surface area contributed by atoms with Gasteiger partial charge in [-0.1, -0.05) is 11.6 Å². The molecular weight excluding hydrogens is 356 g/mol. The van der Waals surface area contributed by atoms with Gasteiger partial charge in [-0.2, -0.15) is 0 Å². The summed E-state index contributed by atoms with van der Waals surface area (Å²) in [7, 11) is 0. The Kier molecular flexibility index (Phi) is 4.98. The monoisotopic (exact) mass is 366 g/mol. The van der Waals surface area contributed by atoms with Gasteiger partial charge in [-0.05, 0) is 65.3 Å². The van der Waals surface area contributed by atoms with Crippen LogP contribution in [0.25, 0.3) is 0 Å². The molecule has 0 atom stereocenters. The number of urea groups is 1. The molecule has 0 aromatic heterocycles. The van der Waals surface area contributed by atoms with Gasteiger partial charge in [0.1, 0.15) is 0 Å². The van der Waals surface area contributed by atoms with Gasteiger partial charge in [0.2, 0.25) is 0 Å². The number of halogens is 2. The van der Waals surface area contributed by atoms with Crippen molar-refractivity contribution in [2.45, 2.75) is 6.92 Å². The molecule has 2 aromatic rings. The van der Waals surface area contributed by atoms with E-state index in [4.69, 9.17) is 11.6 Å². The predicted octanol–water partition coefficient (Wildman–Crippen LogP) is 4.95. The van der Waals surface area contributed by atoms with Gasteiger partial charge >= 0.3 is 6.03 Å². The first kappa shape index (κ1) is 15.5. The van der Waals surface area contributed by atoms with E-state index >= 15 is 0 Å². The van der Waals surface area contributed by atoms with Crippen molar-refractivity contribution in [2.24, 2.45) is 0 Å². The highest BCUT2D eigenvalue weighted by Crippen LogP contribution is 2.25. The minimum atomic E-state index is -0.385. The van der Waals surface area contributed by atoms with Crippen LogP contribution in [0.4, 0.5) is 16.2 Å². The van der Waals surface area contributed by atoms with Crippen molar-refractivity contribution < 1.29 is 9.59 Å². The molecule has 0 aliphatic heterocycles. The summed E-state index contributed by atoms with van der Waals surface area (Å²) in [6.07, 6.45) is 0. The van der Waals surface area contributed by atoms with E-state index in [2.05, 4.69) is 26.6 Å². The van der Waals surface area contributed by atoms with Gasteiger partial charge in [-0.15, -0.1) is 0 Å². The van der Waals surface area contributed by atoms with E-state index < -0.39 is 0 Å². The Labute approximate surface area is 135 Å². The zero-order valence-electron chi connectivity index (χ0n) is 11.1. The highest BCUT2D eigenvalue weighted by Gasteiger charge is 2.05. The first-order valence-corrected chi connectivity index (χ1v) is 7.27. The normalized spacial score (nSPS) is 10.0. The van der Waals surface area contributed by atoms with Gasteiger partial charge < -0.3 is 10.6 Å². The van der Waals surface area contributed by atoms with Crippen molar-refractivity contribution in [2.75, 3.05) is 10.6 Å². The van der Waals surface area contributed by atoms with Crippen LogP contribution < -0.4 is 10.6 Å². The van der Waals surface area contributed by atoms with Gasteiger partial charge in [0.15, 0.2) is 5.78 Å². The molecule has 0 radical (unpaired) electrons. The number of nitrogens with one attached hydrogen (secondary N) is 2. The molecule has 2 N–H and O–H groups in total. The summed E-state index contributed by atoms with van der Waals surface area (Å²) in [5.41, 5.74) is 1.78. The van der Waals surface area contributed by atoms with Crippen LogP contribution in [0.3, 0.4) is 0 Å². The van der Waals surface area contributed by atoms with Crippen molar-refractivity contribution in [3.8, 4) is 0 Å². The third-order valence-corrected chi connectivity index (χ3v) is 3.96. The van der Waals surface area contributed by atoms with E-state index in [-0.39, 0.29) is 11.8 Å². The van der Waals surface area contributed by atoms with Gasteiger partial charge in [0, 0.05) is 21.4 Å². The summed E-state index contributed by atoms with van der Waals surface area (Å²) in [6.45, 7) is 1.49. The second kappa shape index (κ2) is 6.74. The van der Waals surface area contributed by atoms with E-state index in [0.29, 0.717) is 22.0 Å². The SMILES string of the molecule is CC(=O)c1ccc(NC(=O)Nc2ccc(Br)c(Cl)c2)cc1. The van der Waals surface area contributed by atoms with Crippen molar-refractivity contribution in [3.05, 3.63) is 57.5 Å². The van der Waals surface area contributed by atoms with Crippen LogP contribution in [0.2, 0.25) is 5.02 Å². The zero-order chi connectivity index (χ0) is 15.4. The number of anilines is 2. The average Bonchev–Trinajstić information content (AvgIpc) is 2.43. The molecule has 6 heteroatoms. The molecule has 0 fully saturated rings. The van der Waals surface area contributed by atoms with Crippen LogP contribution >= 0.6 is 27.5 Å². The lowest BCUT2D eigenvalue weighted by atomic mass is 10.1. The molecule has 2 aromatic carbocycles. The predicted molar refractivity (Wildman–Crippen MR) is 88.2 cm³/mol. The molecule has 0 bridgehead atoms. The first-order chi connectivity index (χ1) is 9.95. The summed E-state index contributed by atoms with van der Waals surface area (Å²) in [5.74, 6) is -0.0181. The summed E-state index contributed by atoms with van der Waals surface area (Å²) in [6, 6.07) is 11.4. The molecule has 0 unspecified atom stereocenters. The van der Waals surface area contributed by atoms with E-state index in [1.807, 2.05) is 0 Å². The highest BCUT2D eigenvalue weighted by atomic mass is 79.9. The number of amides is 2. The number of hydrogen-bond acceptors (Lipinski definition) is 2. The van der Waals surface area contributed by atoms with Crippen LogP contribution in [0.15, 0.2) is 46.9 Å². The van der Waals surface area contributed by atoms with Crippen molar-refractivity contribution in [1.29, 1.82) is 0 Å². The van der Waals surface area contributed by atoms with Gasteiger partial charge in [0.25, 0.3) is 0 Å². The van der Waals surface area contributed by atoms with Gasteiger partial charge in [-0.3, -0.25) is 4.79 Å². The Balaban J connectivity index is 2.01. The number of ketones is 1. The molecule has 0 aliphatic rings. The average molecular weight is 368 g/mol. The largest absolute Gasteiger partial charge is 0.323 e. The summed E-state index contributed by atoms with van der Waals surface area (Å²) in [4.78, 5) is 23.0. The highest BCUT2D eigenvalue weighted by molar-refractivity contribution is 9.10. The summed E-state index contributed by atoms with van der Waals surface area (Å²) < 4.78 is 0.759. The molecule has 2 amide bonds. The number of carbonyl (C=O) groups excluding carboxylic acids is 2. The van der Waals surface area contributed by atoms with E-state index in [0.717, 1.165) is 4.47 Å². The molecule has 0 saturated heterocycles. The second-order valence-electron chi connectivity index (χ2n) is 4.34. The third kappa shape index (κ3) is 4.31. The lowest BCUT2D eigenvalue weighted by molar-refractivity contribution is 0.101. The molecule has 21 heavy (non-hydrogen) atoms. The maximum absolute atomic E-state index is 11.9. The Morgan fingerprint density at radius 1 is 1.00 bits per heavy atom. The number of hydrogen-bond donors (Lipinski definition) is 2. The van der Waals surface area contributed by atoms with Gasteiger partial charge in [0.05, 0.1) is 5.02 Å². The molecule has 2 rings (SSSR count). The standard InChI is InChI=1S/C15H12BrClN2O2/c1-9(20)10-2-4-11(5-3-10)18-15(21)19-12-6-7-13(16)14(17)8-12/h2-8H,1H3,(H2,18,19,21).